The number of nitrogens with two attached hydrogens (primary N) is 1. The fraction of sp³-hybridized carbons (Fsp3) is 0.182. The third kappa shape index (κ3) is 4.16. The molecule has 0 spiro atoms. The summed E-state index contributed by atoms with van der Waals surface area (Å²) in [6, 6.07) is 13.8. The maximum atomic E-state index is 14.6. The zero-order chi connectivity index (χ0) is 22.0. The first-order valence-corrected chi connectivity index (χ1v) is 9.70. The zero-order valence-electron chi connectivity index (χ0n) is 17.1. The van der Waals surface area contributed by atoms with Crippen molar-refractivity contribution in [3.05, 3.63) is 65.5 Å². The summed E-state index contributed by atoms with van der Waals surface area (Å²) < 4.78 is 20.5. The van der Waals surface area contributed by atoms with Crippen LogP contribution in [0, 0.1) is 5.82 Å². The molecule has 158 valence electrons. The van der Waals surface area contributed by atoms with Crippen LogP contribution < -0.4 is 10.5 Å². The number of nitrogens with zero attached hydrogens (tertiary/aromatic N) is 4. The van der Waals surface area contributed by atoms with Gasteiger partial charge >= 0.3 is 0 Å². The number of carbonyl (C=O) groups excluding carboxylic acids is 1. The Labute approximate surface area is 177 Å². The lowest BCUT2D eigenvalue weighted by atomic mass is 10.0. The lowest BCUT2D eigenvalue weighted by molar-refractivity contribution is 0.0798. The number of benzene rings is 2. The first-order chi connectivity index (χ1) is 15.0. The van der Waals surface area contributed by atoms with Crippen molar-refractivity contribution in [1.82, 2.24) is 25.3 Å². The second-order valence-corrected chi connectivity index (χ2v) is 7.06. The van der Waals surface area contributed by atoms with Gasteiger partial charge in [0.15, 0.2) is 16.9 Å². The van der Waals surface area contributed by atoms with Gasteiger partial charge in [-0.1, -0.05) is 29.5 Å². The van der Waals surface area contributed by atoms with E-state index in [1.165, 1.54) is 17.0 Å². The molecular formula is C22H21FN6O2. The molecule has 0 radical (unpaired) electrons. The lowest BCUT2D eigenvalue weighted by Crippen LogP contribution is -2.27. The Kier molecular flexibility index (Phi) is 5.48. The number of H-pyrrole nitrogens is 1. The van der Waals surface area contributed by atoms with Crippen molar-refractivity contribution in [3.63, 3.8) is 0 Å². The number of nitrogens with one attached hydrogen (secondary N) is 1. The van der Waals surface area contributed by atoms with Crippen LogP contribution in [-0.4, -0.2) is 44.8 Å². The van der Waals surface area contributed by atoms with E-state index < -0.39 is 5.82 Å². The van der Waals surface area contributed by atoms with Crippen molar-refractivity contribution in [3.8, 4) is 16.9 Å². The predicted octanol–water partition coefficient (Wildman–Crippen LogP) is 3.41. The molecule has 31 heavy (non-hydrogen) atoms. The van der Waals surface area contributed by atoms with Crippen molar-refractivity contribution in [2.75, 3.05) is 19.3 Å². The summed E-state index contributed by atoms with van der Waals surface area (Å²) >= 11 is 0. The number of anilines is 1. The quantitative estimate of drug-likeness (QED) is 0.495. The monoisotopic (exact) mass is 420 g/mol. The maximum Gasteiger partial charge on any atom is 0.256 e. The molecule has 4 aromatic rings. The van der Waals surface area contributed by atoms with Gasteiger partial charge in [-0.15, -0.1) is 5.10 Å². The van der Waals surface area contributed by atoms with Crippen molar-refractivity contribution >= 4 is 22.9 Å². The molecule has 0 aliphatic carbocycles. The second-order valence-electron chi connectivity index (χ2n) is 7.06. The Bertz CT molecular complexity index is 1260. The van der Waals surface area contributed by atoms with Crippen LogP contribution in [0.5, 0.6) is 5.75 Å². The van der Waals surface area contributed by atoms with Gasteiger partial charge in [0.1, 0.15) is 18.2 Å². The Balaban J connectivity index is 1.55. The Morgan fingerprint density at radius 3 is 2.77 bits per heavy atom. The van der Waals surface area contributed by atoms with Gasteiger partial charge in [0, 0.05) is 19.7 Å². The Morgan fingerprint density at radius 1 is 1.19 bits per heavy atom. The highest BCUT2D eigenvalue weighted by Gasteiger charge is 2.16. The van der Waals surface area contributed by atoms with Crippen LogP contribution in [0.1, 0.15) is 22.8 Å². The van der Waals surface area contributed by atoms with Crippen LogP contribution in [0.4, 0.5) is 10.2 Å². The third-order valence-electron chi connectivity index (χ3n) is 4.96. The highest BCUT2D eigenvalue weighted by molar-refractivity contribution is 5.94. The van der Waals surface area contributed by atoms with Crippen molar-refractivity contribution in [2.24, 2.45) is 0 Å². The van der Waals surface area contributed by atoms with E-state index in [1.807, 2.05) is 31.2 Å². The number of hydrogen-bond donors (Lipinski definition) is 2. The molecule has 0 fully saturated rings. The van der Waals surface area contributed by atoms with Crippen LogP contribution in [0.15, 0.2) is 48.5 Å². The van der Waals surface area contributed by atoms with Crippen LogP contribution in [0.2, 0.25) is 0 Å². The summed E-state index contributed by atoms with van der Waals surface area (Å²) in [6.45, 7) is 2.59. The van der Waals surface area contributed by atoms with E-state index in [0.717, 1.165) is 11.1 Å². The molecule has 2 aromatic heterocycles. The number of nitrogen functional groups attached to an aromatic ring is 1. The largest absolute Gasteiger partial charge is 0.486 e. The van der Waals surface area contributed by atoms with E-state index in [0.29, 0.717) is 34.8 Å². The SMILES string of the molecule is CCN(C)C(=O)c1ccc(-c2cccc(COc3cc(N)nc4[nH]nnc34)c2)cc1F. The van der Waals surface area contributed by atoms with Gasteiger partial charge in [-0.05, 0) is 41.8 Å². The average molecular weight is 420 g/mol. The molecule has 8 nitrogen and oxygen atoms in total. The Morgan fingerprint density at radius 2 is 2.00 bits per heavy atom. The zero-order valence-corrected chi connectivity index (χ0v) is 17.1. The topological polar surface area (TPSA) is 110 Å². The molecule has 2 heterocycles. The van der Waals surface area contributed by atoms with Gasteiger partial charge in [-0.2, -0.15) is 0 Å². The minimum absolute atomic E-state index is 0.0551. The first-order valence-electron chi connectivity index (χ1n) is 9.70. The van der Waals surface area contributed by atoms with Gasteiger partial charge in [-0.25, -0.2) is 14.5 Å². The van der Waals surface area contributed by atoms with Gasteiger partial charge < -0.3 is 15.4 Å². The van der Waals surface area contributed by atoms with Gasteiger partial charge in [0.05, 0.1) is 5.56 Å². The van der Waals surface area contributed by atoms with Crippen LogP contribution in [-0.2, 0) is 6.61 Å². The highest BCUT2D eigenvalue weighted by atomic mass is 19.1. The smallest absolute Gasteiger partial charge is 0.256 e. The van der Waals surface area contributed by atoms with Crippen LogP contribution in [0.25, 0.3) is 22.3 Å². The number of rotatable bonds is 6. The van der Waals surface area contributed by atoms with E-state index in [9.17, 15) is 9.18 Å². The molecule has 0 unspecified atom stereocenters. The summed E-state index contributed by atoms with van der Waals surface area (Å²) in [6.07, 6.45) is 0. The molecule has 0 atom stereocenters. The number of hydrogen-bond acceptors (Lipinski definition) is 6. The molecular weight excluding hydrogens is 399 g/mol. The maximum absolute atomic E-state index is 14.6. The fourth-order valence-electron chi connectivity index (χ4n) is 3.16. The molecule has 0 saturated carbocycles. The lowest BCUT2D eigenvalue weighted by Gasteiger charge is -2.15. The molecule has 1 amide bonds. The number of carbonyl (C=O) groups is 1. The predicted molar refractivity (Wildman–Crippen MR) is 115 cm³/mol. The normalized spacial score (nSPS) is 10.9. The molecule has 0 aliphatic heterocycles. The van der Waals surface area contributed by atoms with Gasteiger partial charge in [0.25, 0.3) is 5.91 Å². The second kappa shape index (κ2) is 8.39. The molecule has 4 rings (SSSR count). The van der Waals surface area contributed by atoms with E-state index in [-0.39, 0.29) is 18.1 Å². The molecule has 0 bridgehead atoms. The number of aromatic amines is 1. The van der Waals surface area contributed by atoms with Crippen molar-refractivity contribution in [1.29, 1.82) is 0 Å². The first kappa shape index (κ1) is 20.3. The van der Waals surface area contributed by atoms with E-state index in [2.05, 4.69) is 20.4 Å². The van der Waals surface area contributed by atoms with E-state index in [4.69, 9.17) is 10.5 Å². The summed E-state index contributed by atoms with van der Waals surface area (Å²) in [5, 5.41) is 10.3. The minimum Gasteiger partial charge on any atom is -0.486 e. The molecule has 2 aromatic carbocycles. The molecule has 0 saturated heterocycles. The summed E-state index contributed by atoms with van der Waals surface area (Å²) in [5.74, 6) is -0.133. The average Bonchev–Trinajstić information content (AvgIpc) is 3.25. The number of ether oxygens (including phenoxy) is 1. The van der Waals surface area contributed by atoms with Crippen molar-refractivity contribution in [2.45, 2.75) is 13.5 Å². The summed E-state index contributed by atoms with van der Waals surface area (Å²) in [5.41, 5.74) is 9.14. The summed E-state index contributed by atoms with van der Waals surface area (Å²) in [7, 11) is 1.64. The number of aromatic nitrogens is 4. The minimum atomic E-state index is -0.551. The van der Waals surface area contributed by atoms with E-state index >= 15 is 0 Å². The van der Waals surface area contributed by atoms with Gasteiger partial charge in [-0.3, -0.25) is 4.79 Å². The number of amides is 1. The summed E-state index contributed by atoms with van der Waals surface area (Å²) in [4.78, 5) is 17.8. The van der Waals surface area contributed by atoms with Gasteiger partial charge in [0.2, 0.25) is 0 Å². The van der Waals surface area contributed by atoms with Crippen LogP contribution in [0.3, 0.4) is 0 Å². The number of halogens is 1. The number of pyridine rings is 1. The molecule has 3 N–H and O–H groups in total. The third-order valence-corrected chi connectivity index (χ3v) is 4.96. The van der Waals surface area contributed by atoms with E-state index in [1.54, 1.807) is 19.2 Å². The Hall–Kier alpha value is -4.01. The highest BCUT2D eigenvalue weighted by Crippen LogP contribution is 2.26. The fourth-order valence-corrected chi connectivity index (χ4v) is 3.16. The molecule has 9 heteroatoms. The van der Waals surface area contributed by atoms with Crippen LogP contribution >= 0.6 is 0 Å². The van der Waals surface area contributed by atoms with Crippen molar-refractivity contribution < 1.29 is 13.9 Å². The number of fused-ring (bicyclic) bond motifs is 1. The standard InChI is InChI=1S/C22H21FN6O2/c1-3-29(2)22(30)16-8-7-15(10-17(16)23)14-6-4-5-13(9-14)12-31-18-11-19(24)25-21-20(18)26-28-27-21/h4-11H,3,12H2,1-2H3,(H3,24,25,26,27,28). The molecule has 0 aliphatic rings.